The zero-order chi connectivity index (χ0) is 20.5. The highest BCUT2D eigenvalue weighted by Gasteiger charge is 2.44. The number of amides is 4. The molecule has 9 heteroatoms. The monoisotopic (exact) mass is 400 g/mol. The Morgan fingerprint density at radius 3 is 2.69 bits per heavy atom. The molecule has 9 nitrogen and oxygen atoms in total. The molecule has 0 aliphatic carbocycles. The Bertz CT molecular complexity index is 870. The van der Waals surface area contributed by atoms with Crippen molar-refractivity contribution in [1.82, 2.24) is 20.9 Å². The molecule has 0 radical (unpaired) electrons. The maximum absolute atomic E-state index is 12.8. The van der Waals surface area contributed by atoms with Crippen molar-refractivity contribution in [3.63, 3.8) is 0 Å². The van der Waals surface area contributed by atoms with Crippen LogP contribution in [0.4, 0.5) is 0 Å². The molecule has 3 aliphatic heterocycles. The lowest BCUT2D eigenvalue weighted by Gasteiger charge is -2.29. The first kappa shape index (κ1) is 19.7. The molecule has 0 saturated carbocycles. The van der Waals surface area contributed by atoms with Crippen molar-refractivity contribution >= 4 is 23.6 Å². The lowest BCUT2D eigenvalue weighted by molar-refractivity contribution is -0.136. The minimum atomic E-state index is -0.945. The van der Waals surface area contributed by atoms with Crippen molar-refractivity contribution in [2.45, 2.75) is 44.6 Å². The van der Waals surface area contributed by atoms with Gasteiger partial charge in [0.1, 0.15) is 6.04 Å². The number of carbonyl (C=O) groups excluding carboxylic acids is 4. The summed E-state index contributed by atoms with van der Waals surface area (Å²) in [6.07, 6.45) is 0.519. The molecule has 3 N–H and O–H groups in total. The van der Waals surface area contributed by atoms with E-state index in [1.807, 2.05) is 6.92 Å². The first-order valence-electron chi connectivity index (χ1n) is 9.85. The summed E-state index contributed by atoms with van der Waals surface area (Å²) in [7, 11) is 0. The highest BCUT2D eigenvalue weighted by atomic mass is 16.5. The van der Waals surface area contributed by atoms with Crippen LogP contribution in [0.15, 0.2) is 18.2 Å². The number of hydrogen-bond acceptors (Lipinski definition) is 7. The maximum atomic E-state index is 12.8. The van der Waals surface area contributed by atoms with Crippen molar-refractivity contribution in [1.29, 1.82) is 0 Å². The second-order valence-electron chi connectivity index (χ2n) is 7.69. The van der Waals surface area contributed by atoms with Crippen molar-refractivity contribution in [3.8, 4) is 0 Å². The van der Waals surface area contributed by atoms with Gasteiger partial charge in [-0.3, -0.25) is 29.4 Å². The topological polar surface area (TPSA) is 117 Å². The zero-order valence-electron chi connectivity index (χ0n) is 16.2. The number of nitrogens with zero attached hydrogens (tertiary/aromatic N) is 1. The summed E-state index contributed by atoms with van der Waals surface area (Å²) >= 11 is 0. The van der Waals surface area contributed by atoms with E-state index in [4.69, 9.17) is 4.74 Å². The van der Waals surface area contributed by atoms with Crippen LogP contribution >= 0.6 is 0 Å². The third-order valence-electron chi connectivity index (χ3n) is 5.43. The number of ether oxygens (including phenoxy) is 1. The number of imide groups is 2. The molecule has 2 saturated heterocycles. The molecule has 2 fully saturated rings. The number of hydrogen-bond donors (Lipinski definition) is 3. The molecule has 1 aromatic rings. The van der Waals surface area contributed by atoms with E-state index in [2.05, 4.69) is 16.0 Å². The SMILES string of the molecule is CC1CNCC(CNCc2ccc3c(c2)C(=O)N(C2CCC(=O)NC2=O)C3=O)O1. The van der Waals surface area contributed by atoms with E-state index in [9.17, 15) is 19.2 Å². The van der Waals surface area contributed by atoms with Crippen LogP contribution in [-0.2, 0) is 20.9 Å². The number of fused-ring (bicyclic) bond motifs is 1. The van der Waals surface area contributed by atoms with Crippen LogP contribution in [-0.4, -0.2) is 66.4 Å². The Morgan fingerprint density at radius 1 is 1.14 bits per heavy atom. The third-order valence-corrected chi connectivity index (χ3v) is 5.43. The van der Waals surface area contributed by atoms with Gasteiger partial charge in [-0.05, 0) is 31.0 Å². The van der Waals surface area contributed by atoms with Crippen LogP contribution in [0.1, 0.15) is 46.0 Å². The summed E-state index contributed by atoms with van der Waals surface area (Å²) < 4.78 is 5.84. The van der Waals surface area contributed by atoms with Crippen molar-refractivity contribution < 1.29 is 23.9 Å². The summed E-state index contributed by atoms with van der Waals surface area (Å²) in [6.45, 7) is 4.86. The van der Waals surface area contributed by atoms with Gasteiger partial charge in [0.2, 0.25) is 11.8 Å². The quantitative estimate of drug-likeness (QED) is 0.574. The van der Waals surface area contributed by atoms with Crippen LogP contribution < -0.4 is 16.0 Å². The molecule has 29 heavy (non-hydrogen) atoms. The maximum Gasteiger partial charge on any atom is 0.262 e. The molecule has 154 valence electrons. The van der Waals surface area contributed by atoms with Crippen LogP contribution in [0.3, 0.4) is 0 Å². The second kappa shape index (κ2) is 8.02. The Labute approximate surface area is 168 Å². The summed E-state index contributed by atoms with van der Waals surface area (Å²) in [5.41, 5.74) is 1.45. The van der Waals surface area contributed by atoms with Gasteiger partial charge in [0.05, 0.1) is 23.3 Å². The largest absolute Gasteiger partial charge is 0.371 e. The van der Waals surface area contributed by atoms with E-state index in [1.54, 1.807) is 18.2 Å². The lowest BCUT2D eigenvalue weighted by atomic mass is 10.0. The van der Waals surface area contributed by atoms with Crippen LogP contribution in [0.25, 0.3) is 0 Å². The zero-order valence-corrected chi connectivity index (χ0v) is 16.2. The fourth-order valence-corrected chi connectivity index (χ4v) is 4.00. The molecule has 3 aliphatic rings. The summed E-state index contributed by atoms with van der Waals surface area (Å²) in [5.74, 6) is -1.97. The molecular weight excluding hydrogens is 376 g/mol. The molecule has 4 amide bonds. The van der Waals surface area contributed by atoms with Crippen molar-refractivity contribution in [3.05, 3.63) is 34.9 Å². The molecular formula is C20H24N4O5. The fraction of sp³-hybridized carbons (Fsp3) is 0.500. The van der Waals surface area contributed by atoms with E-state index in [0.29, 0.717) is 18.7 Å². The smallest absolute Gasteiger partial charge is 0.262 e. The van der Waals surface area contributed by atoms with E-state index in [0.717, 1.165) is 23.6 Å². The van der Waals surface area contributed by atoms with Gasteiger partial charge in [0.15, 0.2) is 0 Å². The molecule has 0 aromatic heterocycles. The minimum absolute atomic E-state index is 0.0828. The van der Waals surface area contributed by atoms with Crippen LogP contribution in [0.2, 0.25) is 0 Å². The first-order valence-corrected chi connectivity index (χ1v) is 9.85. The van der Waals surface area contributed by atoms with Gasteiger partial charge < -0.3 is 15.4 Å². The minimum Gasteiger partial charge on any atom is -0.371 e. The normalized spacial score (nSPS) is 27.2. The third kappa shape index (κ3) is 3.93. The van der Waals surface area contributed by atoms with E-state index < -0.39 is 23.8 Å². The molecule has 0 bridgehead atoms. The standard InChI is InChI=1S/C20H24N4O5/c1-11-7-21-9-13(29-11)10-22-8-12-2-3-14-15(6-12)20(28)24(19(14)27)16-4-5-17(25)23-18(16)26/h2-3,6,11,13,16,21-22H,4-5,7-10H2,1H3,(H,23,25,26). The molecule has 1 aromatic carbocycles. The van der Waals surface area contributed by atoms with E-state index in [-0.39, 0.29) is 36.5 Å². The van der Waals surface area contributed by atoms with Crippen molar-refractivity contribution in [2.75, 3.05) is 19.6 Å². The van der Waals surface area contributed by atoms with Crippen LogP contribution in [0, 0.1) is 0 Å². The summed E-state index contributed by atoms with van der Waals surface area (Å²) in [6, 6.07) is 4.17. The number of nitrogens with one attached hydrogen (secondary N) is 3. The average Bonchev–Trinajstić information content (AvgIpc) is 2.93. The average molecular weight is 400 g/mol. The predicted molar refractivity (Wildman–Crippen MR) is 102 cm³/mol. The van der Waals surface area contributed by atoms with Gasteiger partial charge in [0, 0.05) is 32.6 Å². The highest BCUT2D eigenvalue weighted by molar-refractivity contribution is 6.23. The summed E-state index contributed by atoms with van der Waals surface area (Å²) in [5, 5.41) is 8.83. The molecule has 3 atom stereocenters. The van der Waals surface area contributed by atoms with Gasteiger partial charge in [-0.1, -0.05) is 6.07 Å². The van der Waals surface area contributed by atoms with E-state index in [1.165, 1.54) is 0 Å². The van der Waals surface area contributed by atoms with Gasteiger partial charge in [0.25, 0.3) is 11.8 Å². The second-order valence-corrected chi connectivity index (χ2v) is 7.69. The van der Waals surface area contributed by atoms with Gasteiger partial charge >= 0.3 is 0 Å². The molecule has 3 unspecified atom stereocenters. The Hall–Kier alpha value is -2.62. The number of rotatable bonds is 5. The Kier molecular flexibility index (Phi) is 5.44. The summed E-state index contributed by atoms with van der Waals surface area (Å²) in [4.78, 5) is 50.0. The molecule has 3 heterocycles. The predicted octanol–water partition coefficient (Wildman–Crippen LogP) is -0.446. The number of morpholine rings is 1. The number of piperidine rings is 1. The molecule has 4 rings (SSSR count). The first-order chi connectivity index (χ1) is 13.9. The Morgan fingerprint density at radius 2 is 1.93 bits per heavy atom. The lowest BCUT2D eigenvalue weighted by Crippen LogP contribution is -2.54. The highest BCUT2D eigenvalue weighted by Crippen LogP contribution is 2.28. The fourth-order valence-electron chi connectivity index (χ4n) is 4.00. The molecule has 0 spiro atoms. The van der Waals surface area contributed by atoms with Gasteiger partial charge in [-0.25, -0.2) is 0 Å². The Balaban J connectivity index is 1.41. The number of carbonyl (C=O) groups is 4. The van der Waals surface area contributed by atoms with Crippen molar-refractivity contribution in [2.24, 2.45) is 0 Å². The number of benzene rings is 1. The van der Waals surface area contributed by atoms with Gasteiger partial charge in [-0.2, -0.15) is 0 Å². The van der Waals surface area contributed by atoms with E-state index >= 15 is 0 Å². The van der Waals surface area contributed by atoms with Crippen LogP contribution in [0.5, 0.6) is 0 Å². The van der Waals surface area contributed by atoms with Gasteiger partial charge in [-0.15, -0.1) is 0 Å².